The minimum atomic E-state index is -0.323. The third-order valence-electron chi connectivity index (χ3n) is 4.08. The molecule has 2 amide bonds. The van der Waals surface area contributed by atoms with Gasteiger partial charge in [-0.1, -0.05) is 48.5 Å². The third-order valence-corrected chi connectivity index (χ3v) is 4.08. The Labute approximate surface area is 163 Å². The van der Waals surface area contributed by atoms with E-state index in [4.69, 9.17) is 0 Å². The summed E-state index contributed by atoms with van der Waals surface area (Å²) in [6, 6.07) is 18.2. The van der Waals surface area contributed by atoms with Gasteiger partial charge in [0.25, 0.3) is 11.8 Å². The van der Waals surface area contributed by atoms with Gasteiger partial charge in [0.2, 0.25) is 0 Å². The molecule has 0 bridgehead atoms. The normalized spacial score (nSPS) is 11.1. The van der Waals surface area contributed by atoms with Gasteiger partial charge in [-0.2, -0.15) is 0 Å². The van der Waals surface area contributed by atoms with Crippen LogP contribution in [0, 0.1) is 0 Å². The van der Waals surface area contributed by atoms with Gasteiger partial charge in [-0.3, -0.25) is 9.59 Å². The first-order valence-electron chi connectivity index (χ1n) is 9.09. The number of hydrogen-bond acceptors (Lipinski definition) is 3. The molecule has 2 aromatic carbocycles. The standard InChI is InChI=1S/C22H22N4O2/c27-21(19-10-5-2-6-11-19)25-20(16-18-8-3-1-4-9-18)22(28)24-12-7-14-26-15-13-23-17-26/h1-6,8-11,13,15-17H,7,12,14H2,(H,24,28)(H,25,27). The maximum absolute atomic E-state index is 12.7. The molecule has 3 rings (SSSR count). The smallest absolute Gasteiger partial charge is 0.267 e. The first-order chi connectivity index (χ1) is 13.7. The zero-order valence-corrected chi connectivity index (χ0v) is 15.4. The Kier molecular flexibility index (Phi) is 6.73. The van der Waals surface area contributed by atoms with E-state index in [9.17, 15) is 9.59 Å². The van der Waals surface area contributed by atoms with E-state index in [1.807, 2.05) is 47.2 Å². The summed E-state index contributed by atoms with van der Waals surface area (Å²) in [7, 11) is 0. The van der Waals surface area contributed by atoms with E-state index in [-0.39, 0.29) is 17.5 Å². The van der Waals surface area contributed by atoms with Crippen molar-refractivity contribution in [2.24, 2.45) is 0 Å². The van der Waals surface area contributed by atoms with Crippen molar-refractivity contribution in [3.8, 4) is 0 Å². The molecule has 0 radical (unpaired) electrons. The predicted octanol–water partition coefficient (Wildman–Crippen LogP) is 2.86. The maximum Gasteiger partial charge on any atom is 0.267 e. The minimum absolute atomic E-state index is 0.211. The SMILES string of the molecule is O=C(NCCCn1ccnc1)C(=Cc1ccccc1)NC(=O)c1ccccc1. The molecule has 0 aliphatic carbocycles. The lowest BCUT2D eigenvalue weighted by Crippen LogP contribution is -2.35. The summed E-state index contributed by atoms with van der Waals surface area (Å²) in [4.78, 5) is 29.1. The number of nitrogens with zero attached hydrogens (tertiary/aromatic N) is 2. The summed E-state index contributed by atoms with van der Waals surface area (Å²) in [5.74, 6) is -0.643. The number of aromatic nitrogens is 2. The van der Waals surface area contributed by atoms with Gasteiger partial charge in [-0.25, -0.2) is 4.98 Å². The number of rotatable bonds is 8. The number of nitrogens with one attached hydrogen (secondary N) is 2. The Morgan fingerprint density at radius 1 is 1.00 bits per heavy atom. The Morgan fingerprint density at radius 2 is 1.71 bits per heavy atom. The summed E-state index contributed by atoms with van der Waals surface area (Å²) >= 11 is 0. The van der Waals surface area contributed by atoms with E-state index in [1.54, 1.807) is 42.9 Å². The zero-order chi connectivity index (χ0) is 19.6. The van der Waals surface area contributed by atoms with Crippen LogP contribution < -0.4 is 10.6 Å². The van der Waals surface area contributed by atoms with Crippen LogP contribution in [0.4, 0.5) is 0 Å². The van der Waals surface area contributed by atoms with E-state index in [0.717, 1.165) is 18.5 Å². The Balaban J connectivity index is 1.65. The third kappa shape index (κ3) is 5.67. The number of imidazole rings is 1. The van der Waals surface area contributed by atoms with E-state index in [2.05, 4.69) is 15.6 Å². The van der Waals surface area contributed by atoms with E-state index in [0.29, 0.717) is 12.1 Å². The molecule has 28 heavy (non-hydrogen) atoms. The lowest BCUT2D eigenvalue weighted by atomic mass is 10.1. The quantitative estimate of drug-likeness (QED) is 0.470. The minimum Gasteiger partial charge on any atom is -0.351 e. The molecule has 0 atom stereocenters. The fraction of sp³-hybridized carbons (Fsp3) is 0.136. The van der Waals surface area contributed by atoms with Gasteiger partial charge in [0.1, 0.15) is 5.70 Å². The topological polar surface area (TPSA) is 76.0 Å². The average molecular weight is 374 g/mol. The van der Waals surface area contributed by atoms with Gasteiger partial charge in [0.05, 0.1) is 6.33 Å². The van der Waals surface area contributed by atoms with Crippen LogP contribution in [0.5, 0.6) is 0 Å². The summed E-state index contributed by atoms with van der Waals surface area (Å²) in [5, 5.41) is 5.60. The highest BCUT2D eigenvalue weighted by molar-refractivity contribution is 6.05. The molecule has 0 saturated carbocycles. The Morgan fingerprint density at radius 3 is 2.39 bits per heavy atom. The Bertz CT molecular complexity index is 920. The highest BCUT2D eigenvalue weighted by Crippen LogP contribution is 2.07. The second-order valence-corrected chi connectivity index (χ2v) is 6.20. The van der Waals surface area contributed by atoms with E-state index in [1.165, 1.54) is 0 Å². The molecule has 1 aromatic heterocycles. The average Bonchev–Trinajstić information content (AvgIpc) is 3.25. The van der Waals surface area contributed by atoms with Crippen LogP contribution in [0.1, 0.15) is 22.3 Å². The monoisotopic (exact) mass is 374 g/mol. The first kappa shape index (κ1) is 19.1. The molecule has 6 heteroatoms. The lowest BCUT2D eigenvalue weighted by molar-refractivity contribution is -0.117. The van der Waals surface area contributed by atoms with Gasteiger partial charge in [-0.15, -0.1) is 0 Å². The van der Waals surface area contributed by atoms with Crippen LogP contribution in [0.2, 0.25) is 0 Å². The number of benzene rings is 2. The zero-order valence-electron chi connectivity index (χ0n) is 15.4. The second kappa shape index (κ2) is 9.87. The maximum atomic E-state index is 12.7. The van der Waals surface area contributed by atoms with Crippen LogP contribution in [0.15, 0.2) is 85.1 Å². The van der Waals surface area contributed by atoms with E-state index >= 15 is 0 Å². The van der Waals surface area contributed by atoms with Crippen molar-refractivity contribution in [1.82, 2.24) is 20.2 Å². The molecule has 6 nitrogen and oxygen atoms in total. The summed E-state index contributed by atoms with van der Waals surface area (Å²) in [6.45, 7) is 1.25. The fourth-order valence-electron chi connectivity index (χ4n) is 2.64. The number of carbonyl (C=O) groups excluding carboxylic acids is 2. The van der Waals surface area contributed by atoms with Crippen LogP contribution >= 0.6 is 0 Å². The summed E-state index contributed by atoms with van der Waals surface area (Å²) < 4.78 is 1.95. The van der Waals surface area contributed by atoms with Gasteiger partial charge < -0.3 is 15.2 Å². The van der Waals surface area contributed by atoms with Gasteiger partial charge >= 0.3 is 0 Å². The molecular formula is C22H22N4O2. The highest BCUT2D eigenvalue weighted by atomic mass is 16.2. The molecular weight excluding hydrogens is 352 g/mol. The number of hydrogen-bond donors (Lipinski definition) is 2. The molecule has 0 saturated heterocycles. The molecule has 0 fully saturated rings. The summed E-state index contributed by atoms with van der Waals surface area (Å²) in [6.07, 6.45) is 7.77. The van der Waals surface area contributed by atoms with Gasteiger partial charge in [-0.05, 0) is 30.2 Å². The largest absolute Gasteiger partial charge is 0.351 e. The molecule has 142 valence electrons. The van der Waals surface area contributed by atoms with Crippen molar-refractivity contribution in [2.75, 3.05) is 6.54 Å². The number of carbonyl (C=O) groups is 2. The van der Waals surface area contributed by atoms with Crippen molar-refractivity contribution in [3.63, 3.8) is 0 Å². The molecule has 0 unspecified atom stereocenters. The van der Waals surface area contributed by atoms with Crippen molar-refractivity contribution >= 4 is 17.9 Å². The van der Waals surface area contributed by atoms with Crippen molar-refractivity contribution in [3.05, 3.63) is 96.2 Å². The van der Waals surface area contributed by atoms with E-state index < -0.39 is 0 Å². The van der Waals surface area contributed by atoms with Crippen LogP contribution in [-0.2, 0) is 11.3 Å². The second-order valence-electron chi connectivity index (χ2n) is 6.20. The van der Waals surface area contributed by atoms with Crippen molar-refractivity contribution in [1.29, 1.82) is 0 Å². The molecule has 3 aromatic rings. The van der Waals surface area contributed by atoms with Crippen molar-refractivity contribution < 1.29 is 9.59 Å². The van der Waals surface area contributed by atoms with Crippen LogP contribution in [0.3, 0.4) is 0 Å². The number of amides is 2. The molecule has 0 aliphatic heterocycles. The predicted molar refractivity (Wildman–Crippen MR) is 108 cm³/mol. The highest BCUT2D eigenvalue weighted by Gasteiger charge is 2.14. The Hall–Kier alpha value is -3.67. The summed E-state index contributed by atoms with van der Waals surface area (Å²) in [5.41, 5.74) is 1.54. The number of aryl methyl sites for hydroxylation is 1. The molecule has 2 N–H and O–H groups in total. The van der Waals surface area contributed by atoms with Crippen LogP contribution in [0.25, 0.3) is 6.08 Å². The fourth-order valence-corrected chi connectivity index (χ4v) is 2.64. The van der Waals surface area contributed by atoms with Crippen LogP contribution in [-0.4, -0.2) is 27.9 Å². The molecule has 1 heterocycles. The van der Waals surface area contributed by atoms with Crippen molar-refractivity contribution in [2.45, 2.75) is 13.0 Å². The lowest BCUT2D eigenvalue weighted by Gasteiger charge is -2.11. The van der Waals surface area contributed by atoms with Gasteiger partial charge in [0.15, 0.2) is 0 Å². The van der Waals surface area contributed by atoms with Gasteiger partial charge in [0, 0.05) is 31.0 Å². The first-order valence-corrected chi connectivity index (χ1v) is 9.09. The molecule has 0 aliphatic rings. The molecule has 0 spiro atoms.